The molecule has 1 N–H and O–H groups in total. The Morgan fingerprint density at radius 3 is 2.81 bits per heavy atom. The third kappa shape index (κ3) is 3.90. The number of halogens is 2. The quantitative estimate of drug-likeness (QED) is 0.774. The van der Waals surface area contributed by atoms with Gasteiger partial charge in [0, 0.05) is 10.4 Å². The summed E-state index contributed by atoms with van der Waals surface area (Å²) in [6.07, 6.45) is 1.80. The summed E-state index contributed by atoms with van der Waals surface area (Å²) < 4.78 is 5.63. The van der Waals surface area contributed by atoms with E-state index in [0.717, 1.165) is 23.3 Å². The molecule has 0 unspecified atom stereocenters. The van der Waals surface area contributed by atoms with Crippen molar-refractivity contribution in [3.05, 3.63) is 49.6 Å². The van der Waals surface area contributed by atoms with Gasteiger partial charge in [-0.05, 0) is 18.6 Å². The van der Waals surface area contributed by atoms with Crippen molar-refractivity contribution in [2.45, 2.75) is 26.4 Å². The number of benzene rings is 1. The van der Waals surface area contributed by atoms with E-state index in [-0.39, 0.29) is 11.5 Å². The smallest absolute Gasteiger partial charge is 0.349 e. The fourth-order valence-electron chi connectivity index (χ4n) is 1.86. The van der Waals surface area contributed by atoms with Gasteiger partial charge in [0.1, 0.15) is 12.4 Å². The van der Waals surface area contributed by atoms with Crippen LogP contribution in [-0.2, 0) is 13.0 Å². The highest BCUT2D eigenvalue weighted by molar-refractivity contribution is 7.14. The summed E-state index contributed by atoms with van der Waals surface area (Å²) >= 11 is 13.3. The normalized spacial score (nSPS) is 10.6. The summed E-state index contributed by atoms with van der Waals surface area (Å²) in [4.78, 5) is 12.5. The summed E-state index contributed by atoms with van der Waals surface area (Å²) in [6.45, 7) is 2.23. The first-order chi connectivity index (χ1) is 10.0. The Morgan fingerprint density at radius 1 is 1.38 bits per heavy atom. The van der Waals surface area contributed by atoms with Crippen LogP contribution in [0.15, 0.2) is 24.3 Å². The predicted octanol–water partition coefficient (Wildman–Crippen LogP) is 5.28. The van der Waals surface area contributed by atoms with Crippen LogP contribution in [0.5, 0.6) is 5.75 Å². The molecule has 1 heterocycles. The first kappa shape index (κ1) is 16.1. The molecule has 2 aromatic rings. The Kier molecular flexibility index (Phi) is 5.51. The van der Waals surface area contributed by atoms with E-state index in [1.54, 1.807) is 24.3 Å². The molecule has 3 nitrogen and oxygen atoms in total. The predicted molar refractivity (Wildman–Crippen MR) is 86.1 cm³/mol. The summed E-state index contributed by atoms with van der Waals surface area (Å²) in [5.41, 5.74) is 0.726. The molecule has 0 aliphatic rings. The van der Waals surface area contributed by atoms with Gasteiger partial charge in [-0.2, -0.15) is 0 Å². The van der Waals surface area contributed by atoms with E-state index >= 15 is 0 Å². The minimum absolute atomic E-state index is 0.183. The van der Waals surface area contributed by atoms with Gasteiger partial charge < -0.3 is 9.84 Å². The molecule has 0 spiro atoms. The SMILES string of the molecule is CCCc1cc(OCc2cccc(Cl)c2Cl)c(C(=O)O)s1. The summed E-state index contributed by atoms with van der Waals surface area (Å²) in [7, 11) is 0. The Labute approximate surface area is 137 Å². The molecule has 0 saturated heterocycles. The first-order valence-electron chi connectivity index (χ1n) is 6.44. The lowest BCUT2D eigenvalue weighted by Crippen LogP contribution is -2.00. The summed E-state index contributed by atoms with van der Waals surface area (Å²) in [5, 5.41) is 10.1. The third-order valence-electron chi connectivity index (χ3n) is 2.85. The second-order valence-electron chi connectivity index (χ2n) is 4.46. The van der Waals surface area contributed by atoms with E-state index in [1.165, 1.54) is 11.3 Å². The van der Waals surface area contributed by atoms with E-state index in [2.05, 4.69) is 0 Å². The molecule has 0 radical (unpaired) electrons. The Bertz CT molecular complexity index is 652. The molecule has 1 aromatic heterocycles. The van der Waals surface area contributed by atoms with Crippen molar-refractivity contribution in [2.24, 2.45) is 0 Å². The number of aryl methyl sites for hydroxylation is 1. The number of rotatable bonds is 6. The lowest BCUT2D eigenvalue weighted by molar-refractivity contribution is 0.0697. The molecule has 0 bridgehead atoms. The molecular formula is C15H14Cl2O3S. The third-order valence-corrected chi connectivity index (χ3v) is 4.88. The van der Waals surface area contributed by atoms with Gasteiger partial charge in [0.25, 0.3) is 0 Å². The van der Waals surface area contributed by atoms with Crippen LogP contribution in [0.3, 0.4) is 0 Å². The molecule has 2 rings (SSSR count). The number of carboxylic acids is 1. The van der Waals surface area contributed by atoms with Crippen molar-refractivity contribution < 1.29 is 14.6 Å². The van der Waals surface area contributed by atoms with Gasteiger partial charge in [-0.15, -0.1) is 11.3 Å². The molecule has 112 valence electrons. The largest absolute Gasteiger partial charge is 0.487 e. The highest BCUT2D eigenvalue weighted by atomic mass is 35.5. The molecule has 6 heteroatoms. The van der Waals surface area contributed by atoms with Crippen molar-refractivity contribution in [1.29, 1.82) is 0 Å². The molecule has 0 saturated carbocycles. The Morgan fingerprint density at radius 2 is 2.14 bits per heavy atom. The molecule has 0 amide bonds. The van der Waals surface area contributed by atoms with Crippen molar-refractivity contribution >= 4 is 40.5 Å². The fourth-order valence-corrected chi connectivity index (χ4v) is 3.28. The van der Waals surface area contributed by atoms with Crippen LogP contribution in [-0.4, -0.2) is 11.1 Å². The fraction of sp³-hybridized carbons (Fsp3) is 0.267. The summed E-state index contributed by atoms with van der Waals surface area (Å²) in [6, 6.07) is 7.06. The number of hydrogen-bond acceptors (Lipinski definition) is 3. The van der Waals surface area contributed by atoms with E-state index in [9.17, 15) is 9.90 Å². The van der Waals surface area contributed by atoms with Crippen molar-refractivity contribution in [2.75, 3.05) is 0 Å². The number of thiophene rings is 1. The highest BCUT2D eigenvalue weighted by Crippen LogP contribution is 2.32. The number of carboxylic acid groups (broad SMARTS) is 1. The van der Waals surface area contributed by atoms with E-state index in [4.69, 9.17) is 27.9 Å². The second kappa shape index (κ2) is 7.16. The lowest BCUT2D eigenvalue weighted by Gasteiger charge is -2.08. The van der Waals surface area contributed by atoms with E-state index in [0.29, 0.717) is 15.8 Å². The van der Waals surface area contributed by atoms with Crippen molar-refractivity contribution in [1.82, 2.24) is 0 Å². The van der Waals surface area contributed by atoms with Crippen LogP contribution in [0, 0.1) is 0 Å². The van der Waals surface area contributed by atoms with Gasteiger partial charge in [0.15, 0.2) is 4.88 Å². The standard InChI is InChI=1S/C15H14Cl2O3S/c1-2-4-10-7-12(14(21-10)15(18)19)20-8-9-5-3-6-11(16)13(9)17/h3,5-7H,2,4,8H2,1H3,(H,18,19). The average Bonchev–Trinajstić information content (AvgIpc) is 2.84. The Balaban J connectivity index is 2.19. The second-order valence-corrected chi connectivity index (χ2v) is 6.38. The Hall–Kier alpha value is -1.23. The zero-order chi connectivity index (χ0) is 15.4. The zero-order valence-electron chi connectivity index (χ0n) is 11.4. The number of ether oxygens (including phenoxy) is 1. The maximum Gasteiger partial charge on any atom is 0.349 e. The minimum atomic E-state index is -0.977. The number of carbonyl (C=O) groups is 1. The average molecular weight is 345 g/mol. The maximum absolute atomic E-state index is 11.3. The monoisotopic (exact) mass is 344 g/mol. The van der Waals surface area contributed by atoms with Crippen molar-refractivity contribution in [3.63, 3.8) is 0 Å². The molecular weight excluding hydrogens is 331 g/mol. The van der Waals surface area contributed by atoms with Crippen LogP contribution < -0.4 is 4.74 Å². The van der Waals surface area contributed by atoms with Gasteiger partial charge >= 0.3 is 5.97 Å². The van der Waals surface area contributed by atoms with Crippen LogP contribution in [0.25, 0.3) is 0 Å². The summed E-state index contributed by atoms with van der Waals surface area (Å²) in [5.74, 6) is -0.596. The topological polar surface area (TPSA) is 46.5 Å². The van der Waals surface area contributed by atoms with Gasteiger partial charge in [0.05, 0.1) is 10.0 Å². The van der Waals surface area contributed by atoms with Gasteiger partial charge in [-0.3, -0.25) is 0 Å². The number of hydrogen-bond donors (Lipinski definition) is 1. The van der Waals surface area contributed by atoms with Crippen LogP contribution >= 0.6 is 34.5 Å². The maximum atomic E-state index is 11.3. The van der Waals surface area contributed by atoms with Gasteiger partial charge in [0.2, 0.25) is 0 Å². The van der Waals surface area contributed by atoms with Crippen LogP contribution in [0.2, 0.25) is 10.0 Å². The minimum Gasteiger partial charge on any atom is -0.487 e. The zero-order valence-corrected chi connectivity index (χ0v) is 13.7. The van der Waals surface area contributed by atoms with E-state index in [1.807, 2.05) is 6.92 Å². The molecule has 1 aromatic carbocycles. The van der Waals surface area contributed by atoms with Crippen LogP contribution in [0.1, 0.15) is 33.5 Å². The molecule has 21 heavy (non-hydrogen) atoms. The van der Waals surface area contributed by atoms with E-state index < -0.39 is 5.97 Å². The lowest BCUT2D eigenvalue weighted by atomic mass is 10.2. The van der Waals surface area contributed by atoms with Crippen molar-refractivity contribution in [3.8, 4) is 5.75 Å². The molecule has 0 fully saturated rings. The van der Waals surface area contributed by atoms with Gasteiger partial charge in [-0.1, -0.05) is 48.7 Å². The van der Waals surface area contributed by atoms with Crippen LogP contribution in [0.4, 0.5) is 0 Å². The highest BCUT2D eigenvalue weighted by Gasteiger charge is 2.17. The number of aromatic carboxylic acids is 1. The first-order valence-corrected chi connectivity index (χ1v) is 8.01. The van der Waals surface area contributed by atoms with Gasteiger partial charge in [-0.25, -0.2) is 4.79 Å². The molecule has 0 aliphatic heterocycles. The molecule has 0 atom stereocenters. The molecule has 0 aliphatic carbocycles.